The van der Waals surface area contributed by atoms with Gasteiger partial charge in [-0.15, -0.1) is 11.8 Å². The first-order valence-electron chi connectivity index (χ1n) is 8.26. The van der Waals surface area contributed by atoms with Crippen LogP contribution in [0.5, 0.6) is 0 Å². The Morgan fingerprint density at radius 3 is 2.92 bits per heavy atom. The van der Waals surface area contributed by atoms with Gasteiger partial charge < -0.3 is 20.5 Å². The summed E-state index contributed by atoms with van der Waals surface area (Å²) in [6.07, 6.45) is 2.06. The maximum absolute atomic E-state index is 12.4. The van der Waals surface area contributed by atoms with Gasteiger partial charge in [0.2, 0.25) is 11.8 Å². The normalized spacial score (nSPS) is 20.5. The minimum absolute atomic E-state index is 0.0716. The van der Waals surface area contributed by atoms with Gasteiger partial charge in [-0.1, -0.05) is 5.16 Å². The predicted molar refractivity (Wildman–Crippen MR) is 94.7 cm³/mol. The average Bonchev–Trinajstić information content (AvgIpc) is 2.97. The number of nitrogens with one attached hydrogen (secondary N) is 1. The molecule has 0 saturated carbocycles. The number of nitrogens with zero attached hydrogens (tertiary/aromatic N) is 2. The van der Waals surface area contributed by atoms with Crippen LogP contribution in [0.15, 0.2) is 10.6 Å². The van der Waals surface area contributed by atoms with Crippen molar-refractivity contribution in [3.8, 4) is 0 Å². The Morgan fingerprint density at radius 2 is 2.29 bits per heavy atom. The Morgan fingerprint density at radius 1 is 1.54 bits per heavy atom. The molecule has 1 aromatic heterocycles. The van der Waals surface area contributed by atoms with Crippen molar-refractivity contribution in [3.05, 3.63) is 11.8 Å². The summed E-state index contributed by atoms with van der Waals surface area (Å²) in [5.74, 6) is 1.57. The summed E-state index contributed by atoms with van der Waals surface area (Å²) in [7, 11) is 0. The monoisotopic (exact) mass is 354 g/mol. The van der Waals surface area contributed by atoms with E-state index in [4.69, 9.17) is 10.3 Å². The second-order valence-corrected chi connectivity index (χ2v) is 7.70. The number of likely N-dealkylation sites (tertiary alicyclic amines) is 1. The first-order chi connectivity index (χ1) is 11.4. The van der Waals surface area contributed by atoms with E-state index < -0.39 is 0 Å². The summed E-state index contributed by atoms with van der Waals surface area (Å²) in [4.78, 5) is 26.3. The zero-order chi connectivity index (χ0) is 17.7. The van der Waals surface area contributed by atoms with Crippen molar-refractivity contribution < 1.29 is 14.1 Å². The highest BCUT2D eigenvalue weighted by Gasteiger charge is 2.26. The molecule has 0 bridgehead atoms. The van der Waals surface area contributed by atoms with Crippen LogP contribution in [0, 0.1) is 12.8 Å². The third kappa shape index (κ3) is 5.24. The fourth-order valence-electron chi connectivity index (χ4n) is 2.68. The quantitative estimate of drug-likeness (QED) is 0.805. The summed E-state index contributed by atoms with van der Waals surface area (Å²) in [5, 5.41) is 6.06. The number of rotatable bonds is 6. The van der Waals surface area contributed by atoms with Crippen molar-refractivity contribution in [2.45, 2.75) is 44.9 Å². The highest BCUT2D eigenvalue weighted by atomic mass is 32.2. The van der Waals surface area contributed by atoms with Crippen molar-refractivity contribution in [3.63, 3.8) is 0 Å². The SMILES string of the molecule is Cc1cc(NC(=O)C(C)SCC(=O)N2CCCC(C(C)N)C2)no1. The number of carbonyl (C=O) groups is 2. The summed E-state index contributed by atoms with van der Waals surface area (Å²) < 4.78 is 4.91. The van der Waals surface area contributed by atoms with E-state index >= 15 is 0 Å². The third-order valence-corrected chi connectivity index (χ3v) is 5.39. The van der Waals surface area contributed by atoms with Gasteiger partial charge in [0.05, 0.1) is 11.0 Å². The van der Waals surface area contributed by atoms with Gasteiger partial charge in [-0.25, -0.2) is 0 Å². The van der Waals surface area contributed by atoms with E-state index in [1.165, 1.54) is 11.8 Å². The maximum atomic E-state index is 12.4. The van der Waals surface area contributed by atoms with E-state index in [1.54, 1.807) is 19.9 Å². The van der Waals surface area contributed by atoms with Gasteiger partial charge in [0.25, 0.3) is 0 Å². The lowest BCUT2D eigenvalue weighted by atomic mass is 9.92. The lowest BCUT2D eigenvalue weighted by Crippen LogP contribution is -2.45. The van der Waals surface area contributed by atoms with E-state index in [9.17, 15) is 9.59 Å². The molecular weight excluding hydrogens is 328 g/mol. The fourth-order valence-corrected chi connectivity index (χ4v) is 3.47. The van der Waals surface area contributed by atoms with E-state index in [0.29, 0.717) is 17.5 Å². The first-order valence-corrected chi connectivity index (χ1v) is 9.31. The number of piperidine rings is 1. The van der Waals surface area contributed by atoms with Gasteiger partial charge in [0.15, 0.2) is 5.82 Å². The average molecular weight is 354 g/mol. The lowest BCUT2D eigenvalue weighted by molar-refractivity contribution is -0.130. The largest absolute Gasteiger partial charge is 0.360 e. The molecule has 1 aliphatic heterocycles. The Kier molecular flexibility index (Phi) is 6.68. The molecule has 1 aliphatic rings. The molecule has 1 aromatic rings. The molecule has 1 fully saturated rings. The Bertz CT molecular complexity index is 575. The summed E-state index contributed by atoms with van der Waals surface area (Å²) in [5.41, 5.74) is 5.96. The topological polar surface area (TPSA) is 101 Å². The fraction of sp³-hybridized carbons (Fsp3) is 0.688. The van der Waals surface area contributed by atoms with Crippen molar-refractivity contribution in [1.82, 2.24) is 10.1 Å². The molecule has 134 valence electrons. The number of aryl methyl sites for hydroxylation is 1. The van der Waals surface area contributed by atoms with Crippen LogP contribution in [0.3, 0.4) is 0 Å². The smallest absolute Gasteiger partial charge is 0.238 e. The molecule has 0 radical (unpaired) electrons. The minimum atomic E-state index is -0.347. The van der Waals surface area contributed by atoms with E-state index in [2.05, 4.69) is 10.5 Å². The molecule has 8 heteroatoms. The molecule has 7 nitrogen and oxygen atoms in total. The number of nitrogens with two attached hydrogens (primary N) is 1. The maximum Gasteiger partial charge on any atom is 0.238 e. The van der Waals surface area contributed by atoms with Crippen LogP contribution in [0.4, 0.5) is 5.82 Å². The van der Waals surface area contributed by atoms with Crippen molar-refractivity contribution >= 4 is 29.4 Å². The van der Waals surface area contributed by atoms with Gasteiger partial charge in [0.1, 0.15) is 5.76 Å². The molecular formula is C16H26N4O3S. The van der Waals surface area contributed by atoms with Crippen LogP contribution >= 0.6 is 11.8 Å². The minimum Gasteiger partial charge on any atom is -0.360 e. The summed E-state index contributed by atoms with van der Waals surface area (Å²) in [6.45, 7) is 7.03. The van der Waals surface area contributed by atoms with Crippen molar-refractivity contribution in [2.75, 3.05) is 24.2 Å². The highest BCUT2D eigenvalue weighted by molar-refractivity contribution is 8.01. The van der Waals surface area contributed by atoms with Crippen molar-refractivity contribution in [1.29, 1.82) is 0 Å². The van der Waals surface area contributed by atoms with Gasteiger partial charge in [-0.2, -0.15) is 0 Å². The number of anilines is 1. The molecule has 3 atom stereocenters. The van der Waals surface area contributed by atoms with Gasteiger partial charge in [0, 0.05) is 25.2 Å². The highest BCUT2D eigenvalue weighted by Crippen LogP contribution is 2.21. The molecule has 0 aromatic carbocycles. The van der Waals surface area contributed by atoms with Crippen molar-refractivity contribution in [2.24, 2.45) is 11.7 Å². The third-order valence-electron chi connectivity index (χ3n) is 4.26. The number of aromatic nitrogens is 1. The van der Waals surface area contributed by atoms with Crippen LogP contribution in [0.1, 0.15) is 32.4 Å². The number of amides is 2. The van der Waals surface area contributed by atoms with E-state index in [-0.39, 0.29) is 28.9 Å². The molecule has 2 amide bonds. The number of hydrogen-bond acceptors (Lipinski definition) is 6. The number of hydrogen-bond donors (Lipinski definition) is 2. The van der Waals surface area contributed by atoms with Crippen LogP contribution in [0.25, 0.3) is 0 Å². The molecule has 24 heavy (non-hydrogen) atoms. The zero-order valence-corrected chi connectivity index (χ0v) is 15.3. The summed E-state index contributed by atoms with van der Waals surface area (Å²) in [6, 6.07) is 1.76. The Labute approximate surface area is 146 Å². The molecule has 1 saturated heterocycles. The second-order valence-electron chi connectivity index (χ2n) is 6.37. The van der Waals surface area contributed by atoms with Gasteiger partial charge >= 0.3 is 0 Å². The number of thioether (sulfide) groups is 1. The van der Waals surface area contributed by atoms with E-state index in [1.807, 2.05) is 11.8 Å². The summed E-state index contributed by atoms with van der Waals surface area (Å²) >= 11 is 1.33. The lowest BCUT2D eigenvalue weighted by Gasteiger charge is -2.34. The standard InChI is InChI=1S/C16H26N4O3S/c1-10-7-14(19-23-10)18-16(22)12(3)24-9-15(21)20-6-4-5-13(8-20)11(2)17/h7,11-13H,4-6,8-9,17H2,1-3H3,(H,18,19,22). The van der Waals surface area contributed by atoms with Crippen LogP contribution in [-0.2, 0) is 9.59 Å². The molecule has 2 rings (SSSR count). The Hall–Kier alpha value is -1.54. The Balaban J connectivity index is 1.77. The second kappa shape index (κ2) is 8.53. The molecule has 0 aliphatic carbocycles. The van der Waals surface area contributed by atoms with E-state index in [0.717, 1.165) is 25.9 Å². The molecule has 3 unspecified atom stereocenters. The predicted octanol–water partition coefficient (Wildman–Crippen LogP) is 1.63. The zero-order valence-electron chi connectivity index (χ0n) is 14.4. The van der Waals surface area contributed by atoms with Crippen LogP contribution in [0.2, 0.25) is 0 Å². The van der Waals surface area contributed by atoms with Crippen LogP contribution in [-0.4, -0.2) is 52.0 Å². The van der Waals surface area contributed by atoms with Gasteiger partial charge in [-0.3, -0.25) is 9.59 Å². The first kappa shape index (κ1) is 18.8. The van der Waals surface area contributed by atoms with Crippen LogP contribution < -0.4 is 11.1 Å². The van der Waals surface area contributed by atoms with Gasteiger partial charge in [-0.05, 0) is 39.5 Å². The molecule has 2 heterocycles. The molecule has 3 N–H and O–H groups in total. The number of carbonyl (C=O) groups excluding carboxylic acids is 2. The molecule has 0 spiro atoms.